The standard InChI is InChI=1S/C22H16O4/c1-13-3-7-15(8-4-13)21(25)17-11-20(24)18(12-19(17)23)22(26)16-9-5-14(2)6-10-16/h3-12H,1-2H3. The Bertz CT molecular complexity index is 904. The molecular formula is C22H16O4. The summed E-state index contributed by atoms with van der Waals surface area (Å²) in [6, 6.07) is 13.4. The first kappa shape index (κ1) is 17.4. The average Bonchev–Trinajstić information content (AvgIpc) is 2.63. The quantitative estimate of drug-likeness (QED) is 0.484. The zero-order valence-electron chi connectivity index (χ0n) is 14.4. The lowest BCUT2D eigenvalue weighted by atomic mass is 9.88. The van der Waals surface area contributed by atoms with Crippen LogP contribution in [-0.2, 0) is 9.59 Å². The summed E-state index contributed by atoms with van der Waals surface area (Å²) >= 11 is 0. The molecule has 0 saturated carbocycles. The van der Waals surface area contributed by atoms with E-state index in [0.717, 1.165) is 23.3 Å². The lowest BCUT2D eigenvalue weighted by Crippen LogP contribution is -2.23. The first-order valence-corrected chi connectivity index (χ1v) is 8.11. The van der Waals surface area contributed by atoms with Crippen LogP contribution in [0, 0.1) is 13.8 Å². The normalized spacial score (nSPS) is 13.9. The predicted octanol–water partition coefficient (Wildman–Crippen LogP) is 3.37. The third-order valence-corrected chi connectivity index (χ3v) is 4.20. The van der Waals surface area contributed by atoms with E-state index in [9.17, 15) is 19.2 Å². The van der Waals surface area contributed by atoms with Crippen molar-refractivity contribution >= 4 is 23.1 Å². The SMILES string of the molecule is Cc1ccc(C(=O)C2=CC(=O)C(C(=O)c3ccc(C)cc3)=CC2=O)cc1. The molecule has 4 nitrogen and oxygen atoms in total. The highest BCUT2D eigenvalue weighted by Crippen LogP contribution is 2.20. The molecule has 0 atom stereocenters. The average molecular weight is 344 g/mol. The monoisotopic (exact) mass is 344 g/mol. The van der Waals surface area contributed by atoms with E-state index >= 15 is 0 Å². The molecule has 0 aliphatic heterocycles. The Labute approximate surface area is 150 Å². The number of rotatable bonds is 4. The van der Waals surface area contributed by atoms with Gasteiger partial charge in [0.2, 0.25) is 0 Å². The number of carbonyl (C=O) groups is 4. The van der Waals surface area contributed by atoms with Crippen LogP contribution in [0.3, 0.4) is 0 Å². The van der Waals surface area contributed by atoms with Gasteiger partial charge in [0, 0.05) is 23.3 Å². The van der Waals surface area contributed by atoms with Gasteiger partial charge in [-0.25, -0.2) is 0 Å². The van der Waals surface area contributed by atoms with E-state index in [0.29, 0.717) is 11.1 Å². The predicted molar refractivity (Wildman–Crippen MR) is 97.2 cm³/mol. The van der Waals surface area contributed by atoms with Crippen molar-refractivity contribution in [3.05, 3.63) is 94.1 Å². The Kier molecular flexibility index (Phi) is 4.59. The maximum atomic E-state index is 12.5. The van der Waals surface area contributed by atoms with Crippen molar-refractivity contribution in [2.75, 3.05) is 0 Å². The number of Topliss-reactive ketones (excluding diaryl/α,β-unsaturated/α-hetero) is 2. The summed E-state index contributed by atoms with van der Waals surface area (Å²) in [5, 5.41) is 0. The number of hydrogen-bond acceptors (Lipinski definition) is 4. The number of carbonyl (C=O) groups excluding carboxylic acids is 4. The molecule has 2 aromatic carbocycles. The lowest BCUT2D eigenvalue weighted by Gasteiger charge is -2.11. The van der Waals surface area contributed by atoms with E-state index in [4.69, 9.17) is 0 Å². The van der Waals surface area contributed by atoms with Gasteiger partial charge >= 0.3 is 0 Å². The molecule has 0 bridgehead atoms. The van der Waals surface area contributed by atoms with Crippen LogP contribution in [0.15, 0.2) is 71.8 Å². The van der Waals surface area contributed by atoms with Crippen molar-refractivity contribution in [1.29, 1.82) is 0 Å². The maximum Gasteiger partial charge on any atom is 0.197 e. The van der Waals surface area contributed by atoms with Crippen molar-refractivity contribution in [2.45, 2.75) is 13.8 Å². The molecular weight excluding hydrogens is 328 g/mol. The van der Waals surface area contributed by atoms with Crippen LogP contribution < -0.4 is 0 Å². The molecule has 0 aromatic heterocycles. The third-order valence-electron chi connectivity index (χ3n) is 4.20. The van der Waals surface area contributed by atoms with Gasteiger partial charge in [-0.2, -0.15) is 0 Å². The molecule has 0 heterocycles. The van der Waals surface area contributed by atoms with Crippen molar-refractivity contribution in [1.82, 2.24) is 0 Å². The van der Waals surface area contributed by atoms with E-state index < -0.39 is 23.1 Å². The fourth-order valence-electron chi connectivity index (χ4n) is 2.64. The minimum absolute atomic E-state index is 0.223. The van der Waals surface area contributed by atoms with Crippen LogP contribution in [0.2, 0.25) is 0 Å². The van der Waals surface area contributed by atoms with Gasteiger partial charge in [-0.15, -0.1) is 0 Å². The Morgan fingerprint density at radius 3 is 1.19 bits per heavy atom. The Balaban J connectivity index is 1.88. The maximum absolute atomic E-state index is 12.5. The van der Waals surface area contributed by atoms with Gasteiger partial charge in [-0.1, -0.05) is 59.7 Å². The third kappa shape index (κ3) is 3.35. The molecule has 0 amide bonds. The van der Waals surface area contributed by atoms with Gasteiger partial charge in [-0.05, 0) is 13.8 Å². The number of hydrogen-bond donors (Lipinski definition) is 0. The van der Waals surface area contributed by atoms with Gasteiger partial charge in [0.05, 0.1) is 11.1 Å². The highest BCUT2D eigenvalue weighted by atomic mass is 16.2. The summed E-state index contributed by atoms with van der Waals surface area (Å²) in [7, 11) is 0. The number of ketones is 4. The van der Waals surface area contributed by atoms with Crippen LogP contribution in [0.5, 0.6) is 0 Å². The molecule has 3 rings (SSSR count). The molecule has 1 aliphatic carbocycles. The second kappa shape index (κ2) is 6.84. The fraction of sp³-hybridized carbons (Fsp3) is 0.0909. The zero-order chi connectivity index (χ0) is 18.8. The van der Waals surface area contributed by atoms with Gasteiger partial charge in [-0.3, -0.25) is 19.2 Å². The van der Waals surface area contributed by atoms with E-state index in [1.807, 2.05) is 13.8 Å². The van der Waals surface area contributed by atoms with Crippen molar-refractivity contribution < 1.29 is 19.2 Å². The van der Waals surface area contributed by atoms with E-state index in [1.54, 1.807) is 48.5 Å². The lowest BCUT2D eigenvalue weighted by molar-refractivity contribution is -0.114. The van der Waals surface area contributed by atoms with Gasteiger partial charge in [0.1, 0.15) is 0 Å². The van der Waals surface area contributed by atoms with E-state index in [2.05, 4.69) is 0 Å². The van der Waals surface area contributed by atoms with Crippen molar-refractivity contribution in [3.8, 4) is 0 Å². The van der Waals surface area contributed by atoms with Crippen LogP contribution in [-0.4, -0.2) is 23.1 Å². The Morgan fingerprint density at radius 1 is 0.577 bits per heavy atom. The molecule has 0 N–H and O–H groups in total. The summed E-state index contributed by atoms with van der Waals surface area (Å²) in [5.41, 5.74) is 2.16. The van der Waals surface area contributed by atoms with Crippen molar-refractivity contribution in [3.63, 3.8) is 0 Å². The summed E-state index contributed by atoms with van der Waals surface area (Å²) in [6.45, 7) is 3.77. The minimum Gasteiger partial charge on any atom is -0.289 e. The fourth-order valence-corrected chi connectivity index (χ4v) is 2.64. The summed E-state index contributed by atoms with van der Waals surface area (Å²) in [6.07, 6.45) is 1.93. The number of benzene rings is 2. The molecule has 0 unspecified atom stereocenters. The van der Waals surface area contributed by atoms with Gasteiger partial charge < -0.3 is 0 Å². The second-order valence-electron chi connectivity index (χ2n) is 6.23. The van der Waals surface area contributed by atoms with Gasteiger partial charge in [0.25, 0.3) is 0 Å². The van der Waals surface area contributed by atoms with E-state index in [1.165, 1.54) is 0 Å². The minimum atomic E-state index is -0.634. The van der Waals surface area contributed by atoms with Crippen LogP contribution in [0.1, 0.15) is 31.8 Å². The second-order valence-corrected chi connectivity index (χ2v) is 6.23. The van der Waals surface area contributed by atoms with Crippen LogP contribution in [0.4, 0.5) is 0 Å². The molecule has 128 valence electrons. The molecule has 0 saturated heterocycles. The van der Waals surface area contributed by atoms with Gasteiger partial charge in [0.15, 0.2) is 23.1 Å². The Hall–Kier alpha value is -3.40. The summed E-state index contributed by atoms with van der Waals surface area (Å²) in [5.74, 6) is -2.32. The number of aryl methyl sites for hydroxylation is 2. The smallest absolute Gasteiger partial charge is 0.197 e. The summed E-state index contributed by atoms with van der Waals surface area (Å²) < 4.78 is 0. The molecule has 4 heteroatoms. The highest BCUT2D eigenvalue weighted by molar-refractivity contribution is 6.41. The number of allylic oxidation sites excluding steroid dienone is 4. The molecule has 0 radical (unpaired) electrons. The Morgan fingerprint density at radius 2 is 0.885 bits per heavy atom. The highest BCUT2D eigenvalue weighted by Gasteiger charge is 2.29. The molecule has 0 fully saturated rings. The van der Waals surface area contributed by atoms with E-state index in [-0.39, 0.29) is 11.1 Å². The zero-order valence-corrected chi connectivity index (χ0v) is 14.4. The van der Waals surface area contributed by atoms with Crippen LogP contribution in [0.25, 0.3) is 0 Å². The molecule has 1 aliphatic rings. The topological polar surface area (TPSA) is 68.3 Å². The molecule has 26 heavy (non-hydrogen) atoms. The molecule has 0 spiro atoms. The van der Waals surface area contributed by atoms with Crippen molar-refractivity contribution in [2.24, 2.45) is 0 Å². The largest absolute Gasteiger partial charge is 0.289 e. The van der Waals surface area contributed by atoms with Crippen LogP contribution >= 0.6 is 0 Å². The first-order valence-electron chi connectivity index (χ1n) is 8.11. The molecule has 2 aromatic rings. The summed E-state index contributed by atoms with van der Waals surface area (Å²) in [4.78, 5) is 49.7. The first-order chi connectivity index (χ1) is 12.4.